The van der Waals surface area contributed by atoms with E-state index in [1.165, 1.54) is 6.07 Å². The average Bonchev–Trinajstić information content (AvgIpc) is 2.63. The van der Waals surface area contributed by atoms with Crippen LogP contribution in [0.4, 0.5) is 17.1 Å². The van der Waals surface area contributed by atoms with Crippen LogP contribution in [0.5, 0.6) is 0 Å². The molecule has 2 N–H and O–H groups in total. The van der Waals surface area contributed by atoms with Crippen molar-refractivity contribution in [3.8, 4) is 0 Å². The Morgan fingerprint density at radius 1 is 1.36 bits per heavy atom. The average molecular weight is 338 g/mol. The Balaban J connectivity index is 2.08. The van der Waals surface area contributed by atoms with Crippen LogP contribution < -0.4 is 10.6 Å². The van der Waals surface area contributed by atoms with Crippen molar-refractivity contribution in [2.75, 3.05) is 24.2 Å². The number of nitrogens with zero attached hydrogens (tertiary/aromatic N) is 2. The minimum Gasteiger partial charge on any atom is -0.383 e. The van der Waals surface area contributed by atoms with E-state index < -0.39 is 11.1 Å². The summed E-state index contributed by atoms with van der Waals surface area (Å²) in [5.74, 6) is -0.139. The first-order chi connectivity index (χ1) is 12.1. The topological polar surface area (TPSA) is 87.5 Å². The van der Waals surface area contributed by atoms with E-state index in [9.17, 15) is 14.9 Å². The summed E-state index contributed by atoms with van der Waals surface area (Å²) in [5.41, 5.74) is 2.30. The van der Waals surface area contributed by atoms with Crippen molar-refractivity contribution in [2.45, 2.75) is 6.17 Å². The second kappa shape index (κ2) is 6.64. The van der Waals surface area contributed by atoms with E-state index in [1.807, 2.05) is 12.1 Å². The molecule has 0 aromatic heterocycles. The molecule has 25 heavy (non-hydrogen) atoms. The quantitative estimate of drug-likeness (QED) is 0.496. The first-order valence-electron chi connectivity index (χ1n) is 7.80. The highest BCUT2D eigenvalue weighted by Gasteiger charge is 2.33. The van der Waals surface area contributed by atoms with Crippen LogP contribution in [-0.2, 0) is 0 Å². The van der Waals surface area contributed by atoms with Gasteiger partial charge in [-0.1, -0.05) is 24.3 Å². The van der Waals surface area contributed by atoms with Crippen molar-refractivity contribution in [1.29, 1.82) is 0 Å². The van der Waals surface area contributed by atoms with Gasteiger partial charge in [0.25, 0.3) is 11.6 Å². The molecule has 0 radical (unpaired) electrons. The number of anilines is 2. The molecule has 128 valence electrons. The van der Waals surface area contributed by atoms with Crippen molar-refractivity contribution in [3.63, 3.8) is 0 Å². The molecule has 1 heterocycles. The summed E-state index contributed by atoms with van der Waals surface area (Å²) < 4.78 is 0. The number of carbonyl (C=O) groups is 1. The van der Waals surface area contributed by atoms with Gasteiger partial charge in [0.1, 0.15) is 11.9 Å². The molecule has 1 amide bonds. The smallest absolute Gasteiger partial charge is 0.292 e. The highest BCUT2D eigenvalue weighted by atomic mass is 16.6. The van der Waals surface area contributed by atoms with E-state index in [-0.39, 0.29) is 11.6 Å². The molecule has 7 nitrogen and oxygen atoms in total. The van der Waals surface area contributed by atoms with Crippen molar-refractivity contribution in [1.82, 2.24) is 4.90 Å². The number of nitrogens with one attached hydrogen (secondary N) is 2. The van der Waals surface area contributed by atoms with Crippen molar-refractivity contribution in [3.05, 3.63) is 76.4 Å². The summed E-state index contributed by atoms with van der Waals surface area (Å²) in [4.78, 5) is 25.3. The molecule has 0 bridgehead atoms. The Morgan fingerprint density at radius 2 is 2.12 bits per heavy atom. The van der Waals surface area contributed by atoms with Crippen LogP contribution in [-0.4, -0.2) is 29.3 Å². The molecule has 1 unspecified atom stereocenters. The van der Waals surface area contributed by atoms with Gasteiger partial charge in [0.2, 0.25) is 0 Å². The molecular formula is C18H18N4O3. The Morgan fingerprint density at radius 3 is 2.80 bits per heavy atom. The van der Waals surface area contributed by atoms with Crippen LogP contribution in [0.25, 0.3) is 0 Å². The van der Waals surface area contributed by atoms with Gasteiger partial charge in [0.05, 0.1) is 10.5 Å². The minimum atomic E-state index is -0.509. The standard InChI is InChI=1S/C18H18N4O3/c1-3-10-21-17(20-14-7-5-4-6-13(14)18(21)23)12-8-9-15(19-2)16(11-12)22(24)25/h3-9,11,17,19-20H,1,10H2,2H3. The zero-order valence-electron chi connectivity index (χ0n) is 13.7. The molecule has 0 saturated heterocycles. The Kier molecular flexibility index (Phi) is 4.38. The number of benzene rings is 2. The van der Waals surface area contributed by atoms with Gasteiger partial charge < -0.3 is 15.5 Å². The fourth-order valence-electron chi connectivity index (χ4n) is 2.96. The fourth-order valence-corrected chi connectivity index (χ4v) is 2.96. The zero-order valence-corrected chi connectivity index (χ0v) is 13.7. The summed E-state index contributed by atoms with van der Waals surface area (Å²) in [7, 11) is 1.63. The largest absolute Gasteiger partial charge is 0.383 e. The van der Waals surface area contributed by atoms with Crippen LogP contribution in [0.3, 0.4) is 0 Å². The van der Waals surface area contributed by atoms with Gasteiger partial charge in [0, 0.05) is 30.9 Å². The van der Waals surface area contributed by atoms with E-state index in [1.54, 1.807) is 42.3 Å². The van der Waals surface area contributed by atoms with Gasteiger partial charge in [0.15, 0.2) is 0 Å². The molecule has 1 aliphatic rings. The Bertz CT molecular complexity index is 850. The molecular weight excluding hydrogens is 320 g/mol. The fraction of sp³-hybridized carbons (Fsp3) is 0.167. The van der Waals surface area contributed by atoms with Crippen molar-refractivity contribution < 1.29 is 9.72 Å². The summed E-state index contributed by atoms with van der Waals surface area (Å²) >= 11 is 0. The van der Waals surface area contributed by atoms with E-state index in [2.05, 4.69) is 17.2 Å². The molecule has 2 aromatic carbocycles. The lowest BCUT2D eigenvalue weighted by Crippen LogP contribution is -2.43. The first kappa shape index (κ1) is 16.5. The predicted molar refractivity (Wildman–Crippen MR) is 96.7 cm³/mol. The molecule has 0 saturated carbocycles. The number of rotatable bonds is 5. The monoisotopic (exact) mass is 338 g/mol. The van der Waals surface area contributed by atoms with Gasteiger partial charge in [-0.2, -0.15) is 0 Å². The third-order valence-electron chi connectivity index (χ3n) is 4.15. The van der Waals surface area contributed by atoms with Crippen LogP contribution in [0, 0.1) is 10.1 Å². The summed E-state index contributed by atoms with van der Waals surface area (Å²) in [6.07, 6.45) is 1.13. The van der Waals surface area contributed by atoms with Crippen LogP contribution in [0.2, 0.25) is 0 Å². The van der Waals surface area contributed by atoms with Gasteiger partial charge in [-0.3, -0.25) is 14.9 Å². The van der Waals surface area contributed by atoms with Crippen molar-refractivity contribution in [2.24, 2.45) is 0 Å². The number of fused-ring (bicyclic) bond motifs is 1. The summed E-state index contributed by atoms with van der Waals surface area (Å²) in [6.45, 7) is 4.03. The van der Waals surface area contributed by atoms with Crippen LogP contribution in [0.15, 0.2) is 55.1 Å². The molecule has 7 heteroatoms. The minimum absolute atomic E-state index is 0.0355. The van der Waals surface area contributed by atoms with E-state index in [0.29, 0.717) is 29.0 Å². The lowest BCUT2D eigenvalue weighted by molar-refractivity contribution is -0.384. The normalized spacial score (nSPS) is 16.0. The second-order valence-corrected chi connectivity index (χ2v) is 5.62. The number of nitro groups is 1. The van der Waals surface area contributed by atoms with Crippen LogP contribution in [0.1, 0.15) is 22.1 Å². The lowest BCUT2D eigenvalue weighted by Gasteiger charge is -2.37. The van der Waals surface area contributed by atoms with E-state index in [0.717, 1.165) is 0 Å². The summed E-state index contributed by atoms with van der Waals surface area (Å²) in [6, 6.07) is 12.1. The van der Waals surface area contributed by atoms with Gasteiger partial charge in [-0.25, -0.2) is 0 Å². The zero-order chi connectivity index (χ0) is 18.0. The number of carbonyl (C=O) groups excluding carboxylic acids is 1. The van der Waals surface area contributed by atoms with E-state index in [4.69, 9.17) is 0 Å². The molecule has 0 aliphatic carbocycles. The molecule has 0 spiro atoms. The highest BCUT2D eigenvalue weighted by Crippen LogP contribution is 2.35. The molecule has 1 atom stereocenters. The predicted octanol–water partition coefficient (Wildman–Crippen LogP) is 3.39. The maximum atomic E-state index is 12.8. The lowest BCUT2D eigenvalue weighted by atomic mass is 10.0. The molecule has 1 aliphatic heterocycles. The van der Waals surface area contributed by atoms with E-state index >= 15 is 0 Å². The number of para-hydroxylation sites is 1. The number of hydrogen-bond acceptors (Lipinski definition) is 5. The number of amides is 1. The van der Waals surface area contributed by atoms with Crippen LogP contribution >= 0.6 is 0 Å². The third kappa shape index (κ3) is 2.91. The number of hydrogen-bond donors (Lipinski definition) is 2. The van der Waals surface area contributed by atoms with Gasteiger partial charge in [-0.05, 0) is 18.2 Å². The van der Waals surface area contributed by atoms with Gasteiger partial charge in [-0.15, -0.1) is 6.58 Å². The van der Waals surface area contributed by atoms with Crippen molar-refractivity contribution >= 4 is 23.0 Å². The maximum absolute atomic E-state index is 12.8. The SMILES string of the molecule is C=CCN1C(=O)c2ccccc2NC1c1ccc(NC)c([N+](=O)[O-])c1. The summed E-state index contributed by atoms with van der Waals surface area (Å²) in [5, 5.41) is 17.4. The molecule has 2 aromatic rings. The maximum Gasteiger partial charge on any atom is 0.292 e. The molecule has 3 rings (SSSR count). The van der Waals surface area contributed by atoms with Gasteiger partial charge >= 0.3 is 0 Å². The first-order valence-corrected chi connectivity index (χ1v) is 7.80. The third-order valence-corrected chi connectivity index (χ3v) is 4.15. The highest BCUT2D eigenvalue weighted by molar-refractivity contribution is 6.01. The molecule has 0 fully saturated rings. The number of nitro benzene ring substituents is 1. The Hall–Kier alpha value is -3.35. The second-order valence-electron chi connectivity index (χ2n) is 5.62. The Labute approximate surface area is 145 Å².